The number of nitriles is 2. The summed E-state index contributed by atoms with van der Waals surface area (Å²) in [6.07, 6.45) is 2.90. The van der Waals surface area contributed by atoms with Crippen molar-refractivity contribution < 1.29 is 16.5 Å². The molecule has 0 aromatic rings. The molecule has 0 saturated heterocycles. The topological polar surface area (TPSA) is 98.0 Å². The molecule has 0 saturated carbocycles. The van der Waals surface area contributed by atoms with Crippen LogP contribution in [0.15, 0.2) is 4.99 Å². The minimum absolute atomic E-state index is 0. The maximum atomic E-state index is 7.83. The minimum atomic E-state index is -0.185. The Labute approximate surface area is 62.1 Å². The van der Waals surface area contributed by atoms with Crippen LogP contribution in [-0.2, 0) is 16.5 Å². The van der Waals surface area contributed by atoms with Gasteiger partial charge in [-0.05, 0) is 0 Å². The van der Waals surface area contributed by atoms with Crippen LogP contribution in [0.2, 0.25) is 0 Å². The molecular weight excluding hydrogens is 165 g/mol. The average molecular weight is 168 g/mol. The van der Waals surface area contributed by atoms with E-state index in [4.69, 9.17) is 16.3 Å². The summed E-state index contributed by atoms with van der Waals surface area (Å²) in [6, 6.07) is 0. The summed E-state index contributed by atoms with van der Waals surface area (Å²) in [4.78, 5) is 2.98. The Kier molecular flexibility index (Phi) is 8.00. The molecule has 5 nitrogen and oxygen atoms in total. The third-order valence-electron chi connectivity index (χ3n) is 0.354. The monoisotopic (exact) mass is 167 g/mol. The summed E-state index contributed by atoms with van der Waals surface area (Å²) in [6.45, 7) is 0. The Morgan fingerprint density at radius 3 is 2.44 bits per heavy atom. The molecule has 0 rings (SSSR count). The number of nitrogens with two attached hydrogens (primary N) is 1. The molecule has 48 valence electrons. The van der Waals surface area contributed by atoms with Crippen LogP contribution in [0.3, 0.4) is 0 Å². The molecule has 0 radical (unpaired) electrons. The molecule has 0 unspecified atom stereocenters. The number of hydrogen-bond donors (Lipinski definition) is 2. The van der Waals surface area contributed by atoms with Gasteiger partial charge in [0.25, 0.3) is 0 Å². The van der Waals surface area contributed by atoms with Crippen molar-refractivity contribution in [1.82, 2.24) is 5.32 Å². The Morgan fingerprint density at radius 1 is 1.56 bits per heavy atom. The van der Waals surface area contributed by atoms with Gasteiger partial charge in [0, 0.05) is 0 Å². The molecule has 0 heterocycles. The molecule has 3 N–H and O–H groups in total. The van der Waals surface area contributed by atoms with Gasteiger partial charge in [-0.2, -0.15) is 10.5 Å². The van der Waals surface area contributed by atoms with Crippen molar-refractivity contribution in [2.75, 3.05) is 0 Å². The van der Waals surface area contributed by atoms with Crippen molar-refractivity contribution in [3.05, 3.63) is 0 Å². The van der Waals surface area contributed by atoms with Gasteiger partial charge in [0.2, 0.25) is 12.2 Å². The number of nitrogens with zero attached hydrogens (tertiary/aromatic N) is 3. The molecule has 0 amide bonds. The van der Waals surface area contributed by atoms with Crippen molar-refractivity contribution in [2.24, 2.45) is 10.7 Å². The fraction of sp³-hybridized carbons (Fsp3) is 0. The Hall–Kier alpha value is -1.26. The van der Waals surface area contributed by atoms with E-state index in [0.717, 1.165) is 0 Å². The summed E-state index contributed by atoms with van der Waals surface area (Å²) in [5.41, 5.74) is 4.89. The third kappa shape index (κ3) is 6.74. The largest absolute Gasteiger partial charge is 2.00 e. The van der Waals surface area contributed by atoms with Crippen LogP contribution < -0.4 is 11.1 Å². The number of rotatable bonds is 0. The predicted molar refractivity (Wildman–Crippen MR) is 26.0 cm³/mol. The van der Waals surface area contributed by atoms with Gasteiger partial charge in [-0.1, -0.05) is 0 Å². The van der Waals surface area contributed by atoms with E-state index in [2.05, 4.69) is 4.99 Å². The van der Waals surface area contributed by atoms with Crippen LogP contribution in [0, 0.1) is 22.9 Å². The van der Waals surface area contributed by atoms with E-state index in [1.807, 2.05) is 5.32 Å². The Balaban J connectivity index is 0. The minimum Gasteiger partial charge on any atom is -0.368 e. The summed E-state index contributed by atoms with van der Waals surface area (Å²) in [7, 11) is 0. The molecule has 0 spiro atoms. The molecular formula is C3H3N5Ni+2. The van der Waals surface area contributed by atoms with Gasteiger partial charge in [0.1, 0.15) is 0 Å². The summed E-state index contributed by atoms with van der Waals surface area (Å²) >= 11 is 0. The van der Waals surface area contributed by atoms with Crippen molar-refractivity contribution in [2.45, 2.75) is 0 Å². The number of aliphatic imine (C=N–C) groups is 1. The zero-order chi connectivity index (χ0) is 6.41. The van der Waals surface area contributed by atoms with Crippen LogP contribution in [-0.4, -0.2) is 5.96 Å². The van der Waals surface area contributed by atoms with Gasteiger partial charge in [-0.25, -0.2) is 0 Å². The van der Waals surface area contributed by atoms with Gasteiger partial charge in [-0.3, -0.25) is 5.32 Å². The molecule has 0 bridgehead atoms. The molecule has 9 heavy (non-hydrogen) atoms. The Morgan fingerprint density at radius 2 is 2.11 bits per heavy atom. The zero-order valence-corrected chi connectivity index (χ0v) is 5.22. The van der Waals surface area contributed by atoms with Crippen molar-refractivity contribution >= 4 is 5.96 Å². The number of guanidine groups is 1. The van der Waals surface area contributed by atoms with Crippen molar-refractivity contribution in [3.8, 4) is 12.4 Å². The second kappa shape index (κ2) is 6.74. The van der Waals surface area contributed by atoms with E-state index in [1.165, 1.54) is 12.4 Å². The first-order valence-electron chi connectivity index (χ1n) is 1.68. The first kappa shape index (κ1) is 10.7. The SMILES string of the molecule is N#CN=C(N)NC#N.[Ni+2]. The standard InChI is InChI=1S/C3H3N5.Ni/c4-1-7-3(6)8-2-5;/h(H3,6,7,8);/q;+2. The number of nitrogens with one attached hydrogen (secondary N) is 1. The van der Waals surface area contributed by atoms with Gasteiger partial charge >= 0.3 is 16.5 Å². The van der Waals surface area contributed by atoms with Gasteiger partial charge < -0.3 is 5.73 Å². The first-order chi connectivity index (χ1) is 3.81. The van der Waals surface area contributed by atoms with Crippen LogP contribution in [0.25, 0.3) is 0 Å². The molecule has 0 aromatic carbocycles. The smallest absolute Gasteiger partial charge is 0.368 e. The fourth-order valence-corrected chi connectivity index (χ4v) is 0.139. The first-order valence-corrected chi connectivity index (χ1v) is 1.68. The molecule has 0 atom stereocenters. The van der Waals surface area contributed by atoms with E-state index >= 15 is 0 Å². The molecule has 0 aliphatic heterocycles. The van der Waals surface area contributed by atoms with Crippen molar-refractivity contribution in [3.63, 3.8) is 0 Å². The molecule has 0 aliphatic carbocycles. The van der Waals surface area contributed by atoms with Crippen LogP contribution in [0.1, 0.15) is 0 Å². The second-order valence-corrected chi connectivity index (χ2v) is 0.834. The third-order valence-corrected chi connectivity index (χ3v) is 0.354. The van der Waals surface area contributed by atoms with Gasteiger partial charge in [0.05, 0.1) is 0 Å². The van der Waals surface area contributed by atoms with Crippen molar-refractivity contribution in [1.29, 1.82) is 10.5 Å². The maximum Gasteiger partial charge on any atom is 2.00 e. The van der Waals surface area contributed by atoms with Crippen LogP contribution in [0.4, 0.5) is 0 Å². The molecule has 0 aliphatic rings. The van der Waals surface area contributed by atoms with Crippen LogP contribution >= 0.6 is 0 Å². The van der Waals surface area contributed by atoms with E-state index in [1.54, 1.807) is 0 Å². The molecule has 0 fully saturated rings. The average Bonchev–Trinajstić information content (AvgIpc) is 1.68. The second-order valence-electron chi connectivity index (χ2n) is 0.834. The van der Waals surface area contributed by atoms with Crippen LogP contribution in [0.5, 0.6) is 0 Å². The Bertz CT molecular complexity index is 172. The summed E-state index contributed by atoms with van der Waals surface area (Å²) < 4.78 is 0. The van der Waals surface area contributed by atoms with E-state index in [0.29, 0.717) is 0 Å². The zero-order valence-electron chi connectivity index (χ0n) is 4.24. The van der Waals surface area contributed by atoms with Gasteiger partial charge in [-0.15, -0.1) is 4.99 Å². The summed E-state index contributed by atoms with van der Waals surface area (Å²) in [5.74, 6) is -0.185. The van der Waals surface area contributed by atoms with E-state index < -0.39 is 0 Å². The number of hydrogen-bond acceptors (Lipinski definition) is 3. The quantitative estimate of drug-likeness (QED) is 0.157. The van der Waals surface area contributed by atoms with E-state index in [9.17, 15) is 0 Å². The predicted octanol–water partition coefficient (Wildman–Crippen LogP) is -1.15. The molecule has 0 aromatic heterocycles. The summed E-state index contributed by atoms with van der Waals surface area (Å²) in [5, 5.41) is 17.6. The normalized spacial score (nSPS) is 8.00. The van der Waals surface area contributed by atoms with E-state index in [-0.39, 0.29) is 22.5 Å². The fourth-order valence-electron chi connectivity index (χ4n) is 0.139. The maximum absolute atomic E-state index is 7.83. The molecule has 6 heteroatoms. The van der Waals surface area contributed by atoms with Gasteiger partial charge in [0.15, 0.2) is 6.19 Å².